The van der Waals surface area contributed by atoms with Crippen molar-refractivity contribution in [3.8, 4) is 0 Å². The summed E-state index contributed by atoms with van der Waals surface area (Å²) in [6, 6.07) is 0.533. The number of carbonyl (C=O) groups excluding carboxylic acids is 1. The summed E-state index contributed by atoms with van der Waals surface area (Å²) < 4.78 is 0. The Morgan fingerprint density at radius 3 is 2.57 bits per heavy atom. The third-order valence-corrected chi connectivity index (χ3v) is 2.37. The van der Waals surface area contributed by atoms with Gasteiger partial charge in [0.1, 0.15) is 5.78 Å². The van der Waals surface area contributed by atoms with Gasteiger partial charge in [-0.3, -0.25) is 4.79 Å². The summed E-state index contributed by atoms with van der Waals surface area (Å²) in [5.74, 6) is 0.310. The zero-order chi connectivity index (χ0) is 11.0. The van der Waals surface area contributed by atoms with Gasteiger partial charge in [-0.05, 0) is 20.0 Å². The minimum Gasteiger partial charge on any atom is -0.306 e. The van der Waals surface area contributed by atoms with Gasteiger partial charge in [0.2, 0.25) is 0 Å². The number of likely N-dealkylation sites (N-methyl/N-ethyl adjacent to an activating group) is 1. The fraction of sp³-hybridized carbons (Fsp3) is 0.909. The van der Waals surface area contributed by atoms with E-state index in [1.165, 1.54) is 6.42 Å². The van der Waals surface area contributed by atoms with Crippen molar-refractivity contribution < 1.29 is 4.79 Å². The van der Waals surface area contributed by atoms with Gasteiger partial charge in [-0.2, -0.15) is 0 Å². The maximum absolute atomic E-state index is 11.0. The minimum atomic E-state index is 0.310. The molecule has 1 aliphatic rings. The molecular formula is C11H24N2O. The predicted molar refractivity (Wildman–Crippen MR) is 60.6 cm³/mol. The molecule has 84 valence electrons. The first-order valence-corrected chi connectivity index (χ1v) is 5.66. The number of ketones is 1. The van der Waals surface area contributed by atoms with Gasteiger partial charge in [-0.1, -0.05) is 20.8 Å². The van der Waals surface area contributed by atoms with Crippen molar-refractivity contribution in [2.45, 2.75) is 39.7 Å². The summed E-state index contributed by atoms with van der Waals surface area (Å²) in [5.41, 5.74) is 0. The van der Waals surface area contributed by atoms with Crippen LogP contribution in [-0.2, 0) is 4.79 Å². The number of hydrogen-bond acceptors (Lipinski definition) is 3. The molecule has 0 aromatic heterocycles. The van der Waals surface area contributed by atoms with Crippen molar-refractivity contribution in [3.63, 3.8) is 0 Å². The Kier molecular flexibility index (Phi) is 7.71. The lowest BCUT2D eigenvalue weighted by molar-refractivity contribution is -0.118. The Labute approximate surface area is 87.9 Å². The smallest absolute Gasteiger partial charge is 0.146 e. The van der Waals surface area contributed by atoms with Crippen molar-refractivity contribution in [1.82, 2.24) is 10.2 Å². The lowest BCUT2D eigenvalue weighted by Crippen LogP contribution is -2.35. The first-order chi connectivity index (χ1) is 6.72. The van der Waals surface area contributed by atoms with Gasteiger partial charge in [0.05, 0.1) is 6.54 Å². The first-order valence-electron chi connectivity index (χ1n) is 5.66. The third kappa shape index (κ3) is 5.35. The summed E-state index contributed by atoms with van der Waals surface area (Å²) >= 11 is 0. The molecular weight excluding hydrogens is 176 g/mol. The van der Waals surface area contributed by atoms with Crippen LogP contribution in [0.2, 0.25) is 0 Å². The minimum absolute atomic E-state index is 0.310. The Bertz CT molecular complexity index is 159. The van der Waals surface area contributed by atoms with Crippen molar-refractivity contribution in [2.24, 2.45) is 0 Å². The number of nitrogens with zero attached hydrogens (tertiary/aromatic N) is 1. The highest BCUT2D eigenvalue weighted by Gasteiger charge is 2.18. The molecule has 1 rings (SSSR count). The van der Waals surface area contributed by atoms with Crippen molar-refractivity contribution in [1.29, 1.82) is 0 Å². The van der Waals surface area contributed by atoms with Crippen LogP contribution in [0, 0.1) is 0 Å². The van der Waals surface area contributed by atoms with Crippen LogP contribution in [0.25, 0.3) is 0 Å². The number of Topliss-reactive ketones (excluding diaryl/α,β-unsaturated/α-hetero) is 1. The molecule has 3 nitrogen and oxygen atoms in total. The highest BCUT2D eigenvalue weighted by molar-refractivity contribution is 5.80. The van der Waals surface area contributed by atoms with Crippen LogP contribution < -0.4 is 5.32 Å². The van der Waals surface area contributed by atoms with Crippen molar-refractivity contribution >= 4 is 5.78 Å². The molecule has 0 aromatic carbocycles. The van der Waals surface area contributed by atoms with Gasteiger partial charge in [-0.25, -0.2) is 0 Å². The zero-order valence-corrected chi connectivity index (χ0v) is 9.97. The summed E-state index contributed by atoms with van der Waals surface area (Å²) in [4.78, 5) is 13.3. The van der Waals surface area contributed by atoms with Crippen LogP contribution in [0.3, 0.4) is 0 Å². The van der Waals surface area contributed by atoms with Gasteiger partial charge in [-0.15, -0.1) is 0 Å². The molecule has 1 atom stereocenters. The van der Waals surface area contributed by atoms with Gasteiger partial charge in [0.25, 0.3) is 0 Å². The average Bonchev–Trinajstić information content (AvgIpc) is 2.64. The molecule has 14 heavy (non-hydrogen) atoms. The molecule has 3 heteroatoms. The SMILES string of the molecule is CC.CCC(=O)CNC1CCN(C)C1. The monoisotopic (exact) mass is 200 g/mol. The van der Waals surface area contributed by atoms with Gasteiger partial charge in [0, 0.05) is 19.0 Å². The quantitative estimate of drug-likeness (QED) is 0.742. The van der Waals surface area contributed by atoms with Crippen LogP contribution >= 0.6 is 0 Å². The Balaban J connectivity index is 0.000000791. The van der Waals surface area contributed by atoms with E-state index >= 15 is 0 Å². The second-order valence-corrected chi connectivity index (χ2v) is 3.52. The summed E-state index contributed by atoms with van der Waals surface area (Å²) in [6.45, 7) is 8.69. The van der Waals surface area contributed by atoms with E-state index in [1.807, 2.05) is 20.8 Å². The maximum Gasteiger partial charge on any atom is 0.146 e. The number of carbonyl (C=O) groups is 1. The van der Waals surface area contributed by atoms with E-state index in [0.717, 1.165) is 13.1 Å². The topological polar surface area (TPSA) is 32.3 Å². The molecule has 0 bridgehead atoms. The molecule has 1 saturated heterocycles. The average molecular weight is 200 g/mol. The van der Waals surface area contributed by atoms with E-state index in [0.29, 0.717) is 24.8 Å². The normalized spacial score (nSPS) is 21.6. The maximum atomic E-state index is 11.0. The number of likely N-dealkylation sites (tertiary alicyclic amines) is 1. The summed E-state index contributed by atoms with van der Waals surface area (Å²) in [5, 5.41) is 3.27. The molecule has 1 fully saturated rings. The van der Waals surface area contributed by atoms with E-state index in [1.54, 1.807) is 0 Å². The van der Waals surface area contributed by atoms with Gasteiger partial charge < -0.3 is 10.2 Å². The van der Waals surface area contributed by atoms with Crippen molar-refractivity contribution in [2.75, 3.05) is 26.7 Å². The highest BCUT2D eigenvalue weighted by atomic mass is 16.1. The Hall–Kier alpha value is -0.410. The van der Waals surface area contributed by atoms with E-state index in [9.17, 15) is 4.79 Å². The van der Waals surface area contributed by atoms with Crippen LogP contribution in [0.1, 0.15) is 33.6 Å². The molecule has 1 N–H and O–H groups in total. The Morgan fingerprint density at radius 2 is 2.14 bits per heavy atom. The lowest BCUT2D eigenvalue weighted by Gasteiger charge is -2.11. The second-order valence-electron chi connectivity index (χ2n) is 3.52. The molecule has 0 amide bonds. The predicted octanol–water partition coefficient (Wildman–Crippen LogP) is 1.29. The molecule has 1 heterocycles. The summed E-state index contributed by atoms with van der Waals surface area (Å²) in [6.07, 6.45) is 1.82. The summed E-state index contributed by atoms with van der Waals surface area (Å²) in [7, 11) is 2.11. The lowest BCUT2D eigenvalue weighted by atomic mass is 10.2. The molecule has 0 aliphatic carbocycles. The number of nitrogens with one attached hydrogen (secondary N) is 1. The number of rotatable bonds is 4. The molecule has 0 aromatic rings. The molecule has 0 spiro atoms. The Morgan fingerprint density at radius 1 is 1.50 bits per heavy atom. The van der Waals surface area contributed by atoms with E-state index < -0.39 is 0 Å². The second kappa shape index (κ2) is 7.94. The van der Waals surface area contributed by atoms with E-state index in [-0.39, 0.29) is 0 Å². The standard InChI is InChI=1S/C9H18N2O.C2H6/c1-3-9(12)6-10-8-4-5-11(2)7-8;1-2/h8,10H,3-7H2,1-2H3;1-2H3. The van der Waals surface area contributed by atoms with E-state index in [2.05, 4.69) is 17.3 Å². The van der Waals surface area contributed by atoms with Gasteiger partial charge >= 0.3 is 0 Å². The fourth-order valence-corrected chi connectivity index (χ4v) is 1.48. The largest absolute Gasteiger partial charge is 0.306 e. The highest BCUT2D eigenvalue weighted by Crippen LogP contribution is 2.05. The van der Waals surface area contributed by atoms with Gasteiger partial charge in [0.15, 0.2) is 0 Å². The van der Waals surface area contributed by atoms with Crippen LogP contribution in [0.4, 0.5) is 0 Å². The van der Waals surface area contributed by atoms with Crippen molar-refractivity contribution in [3.05, 3.63) is 0 Å². The zero-order valence-electron chi connectivity index (χ0n) is 9.97. The first kappa shape index (κ1) is 13.6. The fourth-order valence-electron chi connectivity index (χ4n) is 1.48. The molecule has 1 unspecified atom stereocenters. The molecule has 0 radical (unpaired) electrons. The van der Waals surface area contributed by atoms with Crippen LogP contribution in [0.5, 0.6) is 0 Å². The van der Waals surface area contributed by atoms with E-state index in [4.69, 9.17) is 0 Å². The van der Waals surface area contributed by atoms with Crippen LogP contribution in [-0.4, -0.2) is 43.4 Å². The van der Waals surface area contributed by atoms with Crippen LogP contribution in [0.15, 0.2) is 0 Å². The molecule has 1 aliphatic heterocycles. The third-order valence-electron chi connectivity index (χ3n) is 2.37. The molecule has 0 saturated carbocycles. The number of hydrogen-bond donors (Lipinski definition) is 1.